The largest absolute Gasteiger partial charge is 0.497 e. The molecule has 2 bridgehead atoms. The van der Waals surface area contributed by atoms with Gasteiger partial charge in [0.2, 0.25) is 0 Å². The van der Waals surface area contributed by atoms with E-state index in [1.807, 2.05) is 24.3 Å². The van der Waals surface area contributed by atoms with Crippen molar-refractivity contribution in [2.75, 3.05) is 33.4 Å². The molecule has 3 aliphatic rings. The Labute approximate surface area is 204 Å². The van der Waals surface area contributed by atoms with Crippen LogP contribution in [0.15, 0.2) is 43.1 Å². The van der Waals surface area contributed by atoms with Crippen molar-refractivity contribution >= 4 is 16.9 Å². The van der Waals surface area contributed by atoms with E-state index in [9.17, 15) is 25.2 Å². The van der Waals surface area contributed by atoms with E-state index in [0.29, 0.717) is 23.1 Å². The topological polar surface area (TPSA) is 133 Å². The third-order valence-electron chi connectivity index (χ3n) is 7.45. The van der Waals surface area contributed by atoms with Crippen LogP contribution in [0.3, 0.4) is 0 Å². The average Bonchev–Trinajstić information content (AvgIpc) is 2.90. The van der Waals surface area contributed by atoms with Crippen LogP contribution in [0.5, 0.6) is 5.75 Å². The van der Waals surface area contributed by atoms with Gasteiger partial charge in [0.05, 0.1) is 38.0 Å². The fourth-order valence-electron chi connectivity index (χ4n) is 5.45. The first-order valence-electron chi connectivity index (χ1n) is 12.0. The molecule has 5 rings (SSSR count). The lowest BCUT2D eigenvalue weighted by atomic mass is 9.73. The Morgan fingerprint density at radius 2 is 2.17 bits per heavy atom. The third kappa shape index (κ3) is 5.05. The minimum absolute atomic E-state index is 0.156. The van der Waals surface area contributed by atoms with Gasteiger partial charge >= 0.3 is 5.97 Å². The number of nitrogens with zero attached hydrogens (tertiary/aromatic N) is 2. The highest BCUT2D eigenvalue weighted by Gasteiger charge is 2.47. The Bertz CT molecular complexity index is 1060. The lowest BCUT2D eigenvalue weighted by Crippen LogP contribution is -2.56. The van der Waals surface area contributed by atoms with E-state index in [1.165, 1.54) is 0 Å². The highest BCUT2D eigenvalue weighted by Crippen LogP contribution is 2.44. The number of piperidine rings is 3. The summed E-state index contributed by atoms with van der Waals surface area (Å²) in [5.74, 6) is 0.346. The second kappa shape index (κ2) is 10.6. The van der Waals surface area contributed by atoms with Crippen LogP contribution in [-0.4, -0.2) is 87.4 Å². The molecule has 35 heavy (non-hydrogen) atoms. The molecule has 3 fully saturated rings. The number of carbonyl (C=O) groups is 1. The summed E-state index contributed by atoms with van der Waals surface area (Å²) in [5.41, 5.74) is -0.927. The maximum atomic E-state index is 13.3. The van der Waals surface area contributed by atoms with E-state index in [2.05, 4.69) is 16.5 Å². The number of benzene rings is 1. The maximum Gasteiger partial charge on any atom is 0.341 e. The first-order chi connectivity index (χ1) is 16.8. The van der Waals surface area contributed by atoms with Crippen molar-refractivity contribution in [1.29, 1.82) is 0 Å². The Kier molecular flexibility index (Phi) is 7.73. The highest BCUT2D eigenvalue weighted by atomic mass is 16.6. The summed E-state index contributed by atoms with van der Waals surface area (Å²) in [6.07, 6.45) is 2.75. The summed E-state index contributed by atoms with van der Waals surface area (Å²) in [4.78, 5) is 20.0. The minimum atomic E-state index is -2.35. The number of esters is 1. The van der Waals surface area contributed by atoms with Crippen LogP contribution in [0, 0.1) is 11.8 Å². The fraction of sp³-hybridized carbons (Fsp3) is 0.538. The van der Waals surface area contributed by atoms with E-state index < -0.39 is 43.4 Å². The molecule has 0 radical (unpaired) electrons. The standard InChI is InChI=1S/C26H34N2O7/c1-3-16-13-28-9-7-17(16)10-23(28)24(35-25(32)26(33,15-30)12-18(31)14-29)20-6-8-27-22-5-4-19(34-2)11-21(20)22/h3-6,8,11,16-18,23-24,29-31,33H,1,7,9-10,12-15H2,2H3/t16-,17-,18?,23-,24+,26?/m0/s1. The highest BCUT2D eigenvalue weighted by molar-refractivity contribution is 5.85. The molecule has 1 aromatic heterocycles. The normalized spacial score (nSPS) is 27.1. The van der Waals surface area contributed by atoms with Crippen molar-refractivity contribution in [2.45, 2.75) is 43.1 Å². The number of aromatic nitrogens is 1. The van der Waals surface area contributed by atoms with Crippen LogP contribution < -0.4 is 4.74 Å². The SMILES string of the molecule is C=C[C@H]1CN2CC[C@H]1C[C@H]2[C@H](OC(=O)C(O)(CO)CC(O)CO)c1ccnc2ccc(OC)cc12. The number of methoxy groups -OCH3 is 1. The molecule has 3 saturated heterocycles. The van der Waals surface area contributed by atoms with E-state index in [0.717, 1.165) is 36.9 Å². The van der Waals surface area contributed by atoms with Crippen LogP contribution in [0.1, 0.15) is 30.9 Å². The Morgan fingerprint density at radius 3 is 2.80 bits per heavy atom. The zero-order valence-electron chi connectivity index (χ0n) is 19.9. The molecule has 0 amide bonds. The molecule has 9 nitrogen and oxygen atoms in total. The van der Waals surface area contributed by atoms with Crippen molar-refractivity contribution in [3.05, 3.63) is 48.7 Å². The van der Waals surface area contributed by atoms with Gasteiger partial charge in [-0.15, -0.1) is 6.58 Å². The van der Waals surface area contributed by atoms with Crippen LogP contribution in [-0.2, 0) is 9.53 Å². The smallest absolute Gasteiger partial charge is 0.341 e. The Hall–Kier alpha value is -2.56. The van der Waals surface area contributed by atoms with Crippen LogP contribution in [0.4, 0.5) is 0 Å². The second-order valence-electron chi connectivity index (χ2n) is 9.59. The molecular formula is C26H34N2O7. The molecule has 3 unspecified atom stereocenters. The van der Waals surface area contributed by atoms with Crippen LogP contribution >= 0.6 is 0 Å². The van der Waals surface area contributed by atoms with Crippen LogP contribution in [0.2, 0.25) is 0 Å². The van der Waals surface area contributed by atoms with E-state index in [-0.39, 0.29) is 6.04 Å². The van der Waals surface area contributed by atoms with Gasteiger partial charge in [-0.2, -0.15) is 0 Å². The van der Waals surface area contributed by atoms with Crippen molar-refractivity contribution in [1.82, 2.24) is 9.88 Å². The summed E-state index contributed by atoms with van der Waals surface area (Å²) in [7, 11) is 1.57. The van der Waals surface area contributed by atoms with Crippen molar-refractivity contribution in [2.24, 2.45) is 11.8 Å². The number of aliphatic hydroxyl groups is 4. The molecule has 0 spiro atoms. The lowest BCUT2D eigenvalue weighted by Gasteiger charge is -2.51. The number of carbonyl (C=O) groups excluding carboxylic acids is 1. The van der Waals surface area contributed by atoms with Gasteiger partial charge in [-0.3, -0.25) is 9.88 Å². The number of hydrogen-bond acceptors (Lipinski definition) is 9. The van der Waals surface area contributed by atoms with Crippen molar-refractivity contribution in [3.63, 3.8) is 0 Å². The van der Waals surface area contributed by atoms with Gasteiger partial charge in [-0.05, 0) is 55.5 Å². The predicted molar refractivity (Wildman–Crippen MR) is 129 cm³/mol. The second-order valence-corrected chi connectivity index (χ2v) is 9.59. The van der Waals surface area contributed by atoms with Crippen LogP contribution in [0.25, 0.3) is 10.9 Å². The quantitative estimate of drug-likeness (QED) is 0.289. The van der Waals surface area contributed by atoms with Gasteiger partial charge in [0.1, 0.15) is 11.9 Å². The summed E-state index contributed by atoms with van der Waals surface area (Å²) in [6, 6.07) is 7.13. The van der Waals surface area contributed by atoms with Gasteiger partial charge in [0.25, 0.3) is 0 Å². The van der Waals surface area contributed by atoms with Crippen molar-refractivity contribution < 1.29 is 34.7 Å². The number of hydrogen-bond donors (Lipinski definition) is 4. The predicted octanol–water partition coefficient (Wildman–Crippen LogP) is 1.19. The van der Waals surface area contributed by atoms with Gasteiger partial charge in [0, 0.05) is 30.1 Å². The van der Waals surface area contributed by atoms with Gasteiger partial charge < -0.3 is 29.9 Å². The molecule has 2 aromatic rings. The summed E-state index contributed by atoms with van der Waals surface area (Å²) >= 11 is 0. The zero-order chi connectivity index (χ0) is 25.2. The number of fused-ring (bicyclic) bond motifs is 4. The van der Waals surface area contributed by atoms with E-state index >= 15 is 0 Å². The monoisotopic (exact) mass is 486 g/mol. The van der Waals surface area contributed by atoms with Gasteiger partial charge in [-0.25, -0.2) is 4.79 Å². The summed E-state index contributed by atoms with van der Waals surface area (Å²) < 4.78 is 11.4. The molecule has 190 valence electrons. The minimum Gasteiger partial charge on any atom is -0.497 e. The Balaban J connectivity index is 1.75. The molecule has 0 saturated carbocycles. The molecule has 3 aliphatic heterocycles. The molecule has 1 aromatic carbocycles. The zero-order valence-corrected chi connectivity index (χ0v) is 19.9. The van der Waals surface area contributed by atoms with E-state index in [1.54, 1.807) is 19.4 Å². The van der Waals surface area contributed by atoms with E-state index in [4.69, 9.17) is 9.47 Å². The molecule has 4 heterocycles. The Morgan fingerprint density at radius 1 is 1.37 bits per heavy atom. The number of pyridine rings is 1. The average molecular weight is 487 g/mol. The summed E-state index contributed by atoms with van der Waals surface area (Å²) in [6.45, 7) is 4.03. The third-order valence-corrected chi connectivity index (χ3v) is 7.45. The van der Waals surface area contributed by atoms with Gasteiger partial charge in [-0.1, -0.05) is 6.08 Å². The number of rotatable bonds is 10. The van der Waals surface area contributed by atoms with Gasteiger partial charge in [0.15, 0.2) is 5.60 Å². The number of aliphatic hydroxyl groups excluding tert-OH is 3. The molecular weight excluding hydrogens is 452 g/mol. The number of ether oxygens (including phenoxy) is 2. The maximum absolute atomic E-state index is 13.3. The lowest BCUT2D eigenvalue weighted by molar-refractivity contribution is -0.186. The molecule has 0 aliphatic carbocycles. The summed E-state index contributed by atoms with van der Waals surface area (Å²) in [5, 5.41) is 40.5. The molecule has 7 atom stereocenters. The molecule has 4 N–H and O–H groups in total. The fourth-order valence-corrected chi connectivity index (χ4v) is 5.45. The van der Waals surface area contributed by atoms with Crippen molar-refractivity contribution in [3.8, 4) is 5.75 Å². The first-order valence-corrected chi connectivity index (χ1v) is 12.0. The first kappa shape index (κ1) is 25.5. The molecule has 9 heteroatoms.